The Bertz CT molecular complexity index is 1480. The fourth-order valence-corrected chi connectivity index (χ4v) is 12.4. The molecule has 504 valence electrons. The van der Waals surface area contributed by atoms with Gasteiger partial charge in [-0.3, -0.25) is 9.36 Å². The molecule has 85 heavy (non-hydrogen) atoms. The molecule has 0 heterocycles. The molecular formula is C76H149N2O6P. The van der Waals surface area contributed by atoms with Gasteiger partial charge in [0.25, 0.3) is 7.82 Å². The second-order valence-electron chi connectivity index (χ2n) is 27.4. The van der Waals surface area contributed by atoms with Crippen molar-refractivity contribution >= 4 is 13.7 Å². The second-order valence-corrected chi connectivity index (χ2v) is 28.8. The van der Waals surface area contributed by atoms with E-state index in [0.717, 1.165) is 44.9 Å². The molecule has 1 amide bonds. The van der Waals surface area contributed by atoms with Gasteiger partial charge in [0.15, 0.2) is 0 Å². The number of hydrogen-bond acceptors (Lipinski definition) is 6. The van der Waals surface area contributed by atoms with Crippen molar-refractivity contribution in [3.05, 3.63) is 36.5 Å². The quantitative estimate of drug-likeness (QED) is 0.0272. The van der Waals surface area contributed by atoms with Crippen molar-refractivity contribution in [3.63, 3.8) is 0 Å². The van der Waals surface area contributed by atoms with Crippen molar-refractivity contribution in [2.45, 2.75) is 405 Å². The van der Waals surface area contributed by atoms with Crippen LogP contribution in [0.2, 0.25) is 0 Å². The number of nitrogens with zero attached hydrogens (tertiary/aromatic N) is 1. The number of hydrogen-bond donors (Lipinski definition) is 2. The first-order valence-corrected chi connectivity index (χ1v) is 39.3. The lowest BCUT2D eigenvalue weighted by atomic mass is 10.0. The normalized spacial score (nSPS) is 13.7. The Morgan fingerprint density at radius 2 is 0.659 bits per heavy atom. The maximum Gasteiger partial charge on any atom is 0.268 e. The van der Waals surface area contributed by atoms with Crippen LogP contribution in [0.1, 0.15) is 393 Å². The molecule has 0 aromatic carbocycles. The highest BCUT2D eigenvalue weighted by atomic mass is 31.2. The molecule has 0 saturated carbocycles. The van der Waals surface area contributed by atoms with Crippen LogP contribution < -0.4 is 10.2 Å². The van der Waals surface area contributed by atoms with Crippen LogP contribution in [0, 0.1) is 0 Å². The monoisotopic (exact) mass is 1220 g/mol. The third-order valence-electron chi connectivity index (χ3n) is 17.6. The first kappa shape index (κ1) is 83.7. The van der Waals surface area contributed by atoms with E-state index < -0.39 is 26.6 Å². The number of amides is 1. The van der Waals surface area contributed by atoms with Crippen molar-refractivity contribution in [3.8, 4) is 0 Å². The summed E-state index contributed by atoms with van der Waals surface area (Å²) in [4.78, 5) is 25.7. The van der Waals surface area contributed by atoms with Crippen LogP contribution in [0.4, 0.5) is 0 Å². The zero-order chi connectivity index (χ0) is 61.9. The summed E-state index contributed by atoms with van der Waals surface area (Å²) in [6, 6.07) is -0.910. The number of phosphoric acid groups is 1. The minimum absolute atomic E-state index is 0.00698. The topological polar surface area (TPSA) is 108 Å². The lowest BCUT2D eigenvalue weighted by Gasteiger charge is -2.29. The highest BCUT2D eigenvalue weighted by molar-refractivity contribution is 7.45. The van der Waals surface area contributed by atoms with E-state index in [1.165, 1.54) is 327 Å². The van der Waals surface area contributed by atoms with E-state index in [1.807, 2.05) is 27.2 Å². The molecule has 0 saturated heterocycles. The van der Waals surface area contributed by atoms with Gasteiger partial charge in [0.05, 0.1) is 39.9 Å². The van der Waals surface area contributed by atoms with Gasteiger partial charge in [-0.15, -0.1) is 0 Å². The summed E-state index contributed by atoms with van der Waals surface area (Å²) in [5.74, 6) is -0.203. The zero-order valence-electron chi connectivity index (χ0n) is 57.8. The number of quaternary nitrogens is 1. The van der Waals surface area contributed by atoms with Crippen LogP contribution in [0.25, 0.3) is 0 Å². The van der Waals surface area contributed by atoms with Gasteiger partial charge in [0.2, 0.25) is 5.91 Å². The molecule has 9 heteroatoms. The molecule has 0 bridgehead atoms. The number of allylic oxidation sites excluding steroid dienone is 5. The Morgan fingerprint density at radius 3 is 0.953 bits per heavy atom. The van der Waals surface area contributed by atoms with Crippen LogP contribution in [0.3, 0.4) is 0 Å². The number of carbonyl (C=O) groups excluding carboxylic acids is 1. The lowest BCUT2D eigenvalue weighted by molar-refractivity contribution is -0.870. The summed E-state index contributed by atoms with van der Waals surface area (Å²) >= 11 is 0. The summed E-state index contributed by atoms with van der Waals surface area (Å²) in [6.07, 6.45) is 90.2. The van der Waals surface area contributed by atoms with Crippen LogP contribution in [-0.2, 0) is 18.4 Å². The number of phosphoric ester groups is 1. The summed E-state index contributed by atoms with van der Waals surface area (Å²) in [7, 11) is 1.25. The third kappa shape index (κ3) is 70.0. The average Bonchev–Trinajstić information content (AvgIpc) is 3.52. The second kappa shape index (κ2) is 67.1. The molecule has 0 radical (unpaired) electrons. The Labute approximate surface area is 531 Å². The summed E-state index contributed by atoms with van der Waals surface area (Å²) in [5, 5.41) is 14.0. The maximum atomic E-state index is 13.1. The average molecular weight is 1220 g/mol. The van der Waals surface area contributed by atoms with Crippen LogP contribution in [0.5, 0.6) is 0 Å². The lowest BCUT2D eigenvalue weighted by Crippen LogP contribution is -2.45. The van der Waals surface area contributed by atoms with E-state index in [2.05, 4.69) is 43.5 Å². The van der Waals surface area contributed by atoms with E-state index in [1.54, 1.807) is 6.08 Å². The number of aliphatic hydroxyl groups excluding tert-OH is 1. The molecule has 0 rings (SSSR count). The van der Waals surface area contributed by atoms with Crippen LogP contribution in [0.15, 0.2) is 36.5 Å². The summed E-state index contributed by atoms with van der Waals surface area (Å²) in [5.41, 5.74) is 0. The molecule has 2 N–H and O–H groups in total. The van der Waals surface area contributed by atoms with Crippen molar-refractivity contribution in [2.75, 3.05) is 40.9 Å². The standard InChI is InChI=1S/C76H149N2O6P/c1-6-8-10-12-14-16-18-20-22-24-26-28-30-32-34-36-38-39-40-42-44-46-48-50-52-54-56-58-60-62-64-66-68-70-76(80)77-74(73-84-85(81,82)83-72-71-78(3,4)5)75(79)69-67-65-63-61-59-57-55-53-51-49-47-45-43-41-37-35-33-31-29-27-25-23-21-19-17-15-13-11-9-7-2/h51,53,59,61,67,69,74-75,79H,6-50,52,54-58,60,62-66,68,70-73H2,1-5H3,(H-,77,80,81,82)/b53-51+,61-59+,69-67+. The molecule has 0 aromatic heterocycles. The Morgan fingerprint density at radius 1 is 0.400 bits per heavy atom. The molecule has 0 spiro atoms. The first-order valence-electron chi connectivity index (χ1n) is 37.9. The summed E-state index contributed by atoms with van der Waals surface area (Å²) in [6.45, 7) is 4.69. The van der Waals surface area contributed by atoms with Gasteiger partial charge in [-0.05, 0) is 44.9 Å². The number of carbonyl (C=O) groups is 1. The van der Waals surface area contributed by atoms with Crippen molar-refractivity contribution in [1.82, 2.24) is 5.32 Å². The number of nitrogens with one attached hydrogen (secondary N) is 1. The highest BCUT2D eigenvalue weighted by Crippen LogP contribution is 2.38. The Hall–Kier alpha value is -1.28. The predicted molar refractivity (Wildman–Crippen MR) is 372 cm³/mol. The van der Waals surface area contributed by atoms with E-state index >= 15 is 0 Å². The number of aliphatic hydroxyl groups is 1. The number of unbranched alkanes of at least 4 members (excludes halogenated alkanes) is 54. The number of likely N-dealkylation sites (N-methyl/N-ethyl adjacent to an activating group) is 1. The molecule has 0 fully saturated rings. The largest absolute Gasteiger partial charge is 0.756 e. The first-order chi connectivity index (χ1) is 41.5. The minimum atomic E-state index is -4.62. The van der Waals surface area contributed by atoms with Gasteiger partial charge in [0.1, 0.15) is 13.2 Å². The van der Waals surface area contributed by atoms with E-state index in [4.69, 9.17) is 9.05 Å². The maximum absolute atomic E-state index is 13.1. The zero-order valence-corrected chi connectivity index (χ0v) is 58.7. The number of rotatable bonds is 71. The summed E-state index contributed by atoms with van der Waals surface area (Å²) < 4.78 is 23.5. The molecule has 0 aliphatic heterocycles. The van der Waals surface area contributed by atoms with Gasteiger partial charge < -0.3 is 28.8 Å². The van der Waals surface area contributed by atoms with Crippen molar-refractivity contribution < 1.29 is 32.9 Å². The molecule has 0 aliphatic carbocycles. The molecule has 0 aromatic rings. The molecule has 0 aliphatic rings. The fourth-order valence-electron chi connectivity index (χ4n) is 11.7. The van der Waals surface area contributed by atoms with Gasteiger partial charge >= 0.3 is 0 Å². The van der Waals surface area contributed by atoms with E-state index in [-0.39, 0.29) is 12.5 Å². The molecule has 3 atom stereocenters. The van der Waals surface area contributed by atoms with Crippen molar-refractivity contribution in [2.24, 2.45) is 0 Å². The van der Waals surface area contributed by atoms with E-state index in [9.17, 15) is 19.4 Å². The van der Waals surface area contributed by atoms with Crippen LogP contribution >= 0.6 is 7.82 Å². The van der Waals surface area contributed by atoms with Gasteiger partial charge in [-0.2, -0.15) is 0 Å². The molecular weight excluding hydrogens is 1070 g/mol. The Balaban J connectivity index is 4.04. The minimum Gasteiger partial charge on any atom is -0.756 e. The Kier molecular flexibility index (Phi) is 66.1. The van der Waals surface area contributed by atoms with E-state index in [0.29, 0.717) is 17.4 Å². The SMILES string of the molecule is CCCCCCCCCCCCCCCCCCCCCC/C=C/CC/C=C/CC/C=C/C(O)C(COP(=O)([O-])OCC[N+](C)(C)C)NC(=O)CCCCCCCCCCCCCCCCCCCCCCCCCCCCCCCCCCC. The molecule has 8 nitrogen and oxygen atoms in total. The highest BCUT2D eigenvalue weighted by Gasteiger charge is 2.23. The van der Waals surface area contributed by atoms with Crippen molar-refractivity contribution in [1.29, 1.82) is 0 Å². The predicted octanol–water partition coefficient (Wildman–Crippen LogP) is 23.8. The van der Waals surface area contributed by atoms with Crippen LogP contribution in [-0.4, -0.2) is 68.5 Å². The van der Waals surface area contributed by atoms with Gasteiger partial charge in [-0.25, -0.2) is 0 Å². The fraction of sp³-hybridized carbons (Fsp3) is 0.908. The van der Waals surface area contributed by atoms with Gasteiger partial charge in [0, 0.05) is 6.42 Å². The molecule has 3 unspecified atom stereocenters. The van der Waals surface area contributed by atoms with Gasteiger partial charge in [-0.1, -0.05) is 378 Å². The smallest absolute Gasteiger partial charge is 0.268 e. The third-order valence-corrected chi connectivity index (χ3v) is 18.5.